The molecule has 0 atom stereocenters. The van der Waals surface area contributed by atoms with Crippen molar-refractivity contribution in [3.63, 3.8) is 0 Å². The number of hydrogen-bond donors (Lipinski definition) is 1. The van der Waals surface area contributed by atoms with Gasteiger partial charge in [0.05, 0.1) is 5.69 Å². The van der Waals surface area contributed by atoms with Crippen LogP contribution < -0.4 is 5.32 Å². The van der Waals surface area contributed by atoms with Crippen molar-refractivity contribution >= 4 is 11.6 Å². The van der Waals surface area contributed by atoms with E-state index < -0.39 is 0 Å². The normalized spacial score (nSPS) is 11.3. The SMILES string of the molecule is CCc1nc2ccc(C)cn2c1C(=O)NCCN(CC)CC. The number of hydrogen-bond acceptors (Lipinski definition) is 3. The molecule has 0 unspecified atom stereocenters. The number of carbonyl (C=O) groups is 1. The van der Waals surface area contributed by atoms with Crippen molar-refractivity contribution in [2.45, 2.75) is 34.1 Å². The van der Waals surface area contributed by atoms with Crippen LogP contribution in [-0.4, -0.2) is 46.4 Å². The Labute approximate surface area is 132 Å². The van der Waals surface area contributed by atoms with E-state index in [9.17, 15) is 4.79 Å². The minimum absolute atomic E-state index is 0.0397. The Hall–Kier alpha value is -1.88. The van der Waals surface area contributed by atoms with Gasteiger partial charge in [0.2, 0.25) is 0 Å². The molecule has 0 radical (unpaired) electrons. The molecule has 2 heterocycles. The number of aryl methyl sites for hydroxylation is 2. The van der Waals surface area contributed by atoms with Gasteiger partial charge in [-0.15, -0.1) is 0 Å². The summed E-state index contributed by atoms with van der Waals surface area (Å²) in [7, 11) is 0. The minimum atomic E-state index is -0.0397. The Morgan fingerprint density at radius 1 is 1.27 bits per heavy atom. The summed E-state index contributed by atoms with van der Waals surface area (Å²) in [5.74, 6) is -0.0397. The second-order valence-corrected chi connectivity index (χ2v) is 5.48. The Kier molecular flexibility index (Phi) is 5.55. The highest BCUT2D eigenvalue weighted by molar-refractivity contribution is 5.94. The molecule has 2 aromatic heterocycles. The van der Waals surface area contributed by atoms with Crippen molar-refractivity contribution in [3.8, 4) is 0 Å². The molecule has 120 valence electrons. The number of pyridine rings is 1. The number of nitrogens with zero attached hydrogens (tertiary/aromatic N) is 3. The van der Waals surface area contributed by atoms with Crippen LogP contribution in [0.1, 0.15) is 42.5 Å². The molecule has 0 bridgehead atoms. The first-order valence-corrected chi connectivity index (χ1v) is 8.08. The highest BCUT2D eigenvalue weighted by atomic mass is 16.1. The minimum Gasteiger partial charge on any atom is -0.349 e. The summed E-state index contributed by atoms with van der Waals surface area (Å²) in [5, 5.41) is 3.03. The summed E-state index contributed by atoms with van der Waals surface area (Å²) in [4.78, 5) is 19.4. The molecule has 0 spiro atoms. The van der Waals surface area contributed by atoms with Crippen molar-refractivity contribution in [2.75, 3.05) is 26.2 Å². The largest absolute Gasteiger partial charge is 0.349 e. The molecule has 5 heteroatoms. The Morgan fingerprint density at radius 3 is 2.64 bits per heavy atom. The molecule has 0 aliphatic heterocycles. The topological polar surface area (TPSA) is 49.6 Å². The zero-order valence-corrected chi connectivity index (χ0v) is 14.0. The summed E-state index contributed by atoms with van der Waals surface area (Å²) in [6, 6.07) is 3.98. The number of carbonyl (C=O) groups excluding carboxylic acids is 1. The number of amides is 1. The van der Waals surface area contributed by atoms with Gasteiger partial charge in [-0.05, 0) is 38.1 Å². The molecule has 0 aromatic carbocycles. The fourth-order valence-electron chi connectivity index (χ4n) is 2.64. The first-order chi connectivity index (χ1) is 10.6. The van der Waals surface area contributed by atoms with Crippen LogP contribution >= 0.6 is 0 Å². The maximum atomic E-state index is 12.6. The van der Waals surface area contributed by atoms with Gasteiger partial charge >= 0.3 is 0 Å². The first kappa shape index (κ1) is 16.5. The first-order valence-electron chi connectivity index (χ1n) is 8.08. The van der Waals surface area contributed by atoms with E-state index in [-0.39, 0.29) is 5.91 Å². The van der Waals surface area contributed by atoms with E-state index in [1.54, 1.807) is 0 Å². The Morgan fingerprint density at radius 2 is 2.00 bits per heavy atom. The van der Waals surface area contributed by atoms with E-state index >= 15 is 0 Å². The van der Waals surface area contributed by atoms with E-state index in [1.807, 2.05) is 36.6 Å². The van der Waals surface area contributed by atoms with Crippen LogP contribution in [0.4, 0.5) is 0 Å². The van der Waals surface area contributed by atoms with Gasteiger partial charge in [-0.25, -0.2) is 4.98 Å². The van der Waals surface area contributed by atoms with Gasteiger partial charge in [0.25, 0.3) is 5.91 Å². The zero-order valence-electron chi connectivity index (χ0n) is 14.0. The average molecular weight is 302 g/mol. The van der Waals surface area contributed by atoms with E-state index in [0.717, 1.165) is 43.0 Å². The molecule has 1 N–H and O–H groups in total. The quantitative estimate of drug-likeness (QED) is 0.853. The van der Waals surface area contributed by atoms with E-state index in [2.05, 4.69) is 29.0 Å². The van der Waals surface area contributed by atoms with E-state index in [1.165, 1.54) is 0 Å². The number of fused-ring (bicyclic) bond motifs is 1. The smallest absolute Gasteiger partial charge is 0.270 e. The lowest BCUT2D eigenvalue weighted by Gasteiger charge is -2.18. The molecule has 0 fully saturated rings. The fourth-order valence-corrected chi connectivity index (χ4v) is 2.64. The Bertz CT molecular complexity index is 643. The molecule has 0 aliphatic carbocycles. The van der Waals surface area contributed by atoms with Gasteiger partial charge in [-0.2, -0.15) is 0 Å². The second-order valence-electron chi connectivity index (χ2n) is 5.48. The van der Waals surface area contributed by atoms with Crippen molar-refractivity contribution < 1.29 is 4.79 Å². The maximum absolute atomic E-state index is 12.6. The number of rotatable bonds is 7. The number of imidazole rings is 1. The van der Waals surface area contributed by atoms with Crippen LogP contribution in [-0.2, 0) is 6.42 Å². The lowest BCUT2D eigenvalue weighted by Crippen LogP contribution is -2.35. The second kappa shape index (κ2) is 7.40. The highest BCUT2D eigenvalue weighted by Gasteiger charge is 2.18. The van der Waals surface area contributed by atoms with Gasteiger partial charge < -0.3 is 10.2 Å². The monoisotopic (exact) mass is 302 g/mol. The van der Waals surface area contributed by atoms with Crippen molar-refractivity contribution in [1.82, 2.24) is 19.6 Å². The van der Waals surface area contributed by atoms with Crippen LogP contribution in [0.25, 0.3) is 5.65 Å². The molecule has 0 aliphatic rings. The van der Waals surface area contributed by atoms with Crippen LogP contribution in [0.2, 0.25) is 0 Å². The molecular formula is C17H26N4O. The van der Waals surface area contributed by atoms with Crippen molar-refractivity contribution in [3.05, 3.63) is 35.3 Å². The average Bonchev–Trinajstić information content (AvgIpc) is 2.89. The van der Waals surface area contributed by atoms with Crippen LogP contribution in [0.15, 0.2) is 18.3 Å². The molecule has 1 amide bonds. The molecule has 22 heavy (non-hydrogen) atoms. The summed E-state index contributed by atoms with van der Waals surface area (Å²) >= 11 is 0. The molecular weight excluding hydrogens is 276 g/mol. The number of aromatic nitrogens is 2. The molecule has 0 saturated heterocycles. The lowest BCUT2D eigenvalue weighted by molar-refractivity contribution is 0.0942. The molecule has 2 rings (SSSR count). The molecule has 0 saturated carbocycles. The zero-order chi connectivity index (χ0) is 16.1. The predicted octanol–water partition coefficient (Wildman–Crippen LogP) is 2.28. The van der Waals surface area contributed by atoms with Gasteiger partial charge in [0.15, 0.2) is 0 Å². The standard InChI is InChI=1S/C17H26N4O/c1-5-14-16(17(22)18-10-11-20(6-2)7-3)21-12-13(4)8-9-15(21)19-14/h8-9,12H,5-7,10-11H2,1-4H3,(H,18,22). The maximum Gasteiger partial charge on any atom is 0.270 e. The van der Waals surface area contributed by atoms with Crippen LogP contribution in [0.3, 0.4) is 0 Å². The number of nitrogens with one attached hydrogen (secondary N) is 1. The van der Waals surface area contributed by atoms with Crippen LogP contribution in [0.5, 0.6) is 0 Å². The van der Waals surface area contributed by atoms with Crippen LogP contribution in [0, 0.1) is 6.92 Å². The van der Waals surface area contributed by atoms with Gasteiger partial charge in [0, 0.05) is 19.3 Å². The predicted molar refractivity (Wildman–Crippen MR) is 89.4 cm³/mol. The summed E-state index contributed by atoms with van der Waals surface area (Å²) < 4.78 is 1.90. The summed E-state index contributed by atoms with van der Waals surface area (Å²) in [6.07, 6.45) is 2.72. The van der Waals surface area contributed by atoms with Crippen molar-refractivity contribution in [1.29, 1.82) is 0 Å². The summed E-state index contributed by atoms with van der Waals surface area (Å²) in [6.45, 7) is 11.8. The number of likely N-dealkylation sites (N-methyl/N-ethyl adjacent to an activating group) is 1. The summed E-state index contributed by atoms with van der Waals surface area (Å²) in [5.41, 5.74) is 3.47. The highest BCUT2D eigenvalue weighted by Crippen LogP contribution is 2.14. The van der Waals surface area contributed by atoms with E-state index in [0.29, 0.717) is 12.2 Å². The van der Waals surface area contributed by atoms with E-state index in [4.69, 9.17) is 0 Å². The third kappa shape index (κ3) is 3.47. The van der Waals surface area contributed by atoms with Gasteiger partial charge in [-0.3, -0.25) is 9.20 Å². The molecule has 5 nitrogen and oxygen atoms in total. The van der Waals surface area contributed by atoms with Gasteiger partial charge in [0.1, 0.15) is 11.3 Å². The van der Waals surface area contributed by atoms with Crippen molar-refractivity contribution in [2.24, 2.45) is 0 Å². The third-order valence-corrected chi connectivity index (χ3v) is 4.00. The lowest BCUT2D eigenvalue weighted by atomic mass is 10.2. The fraction of sp³-hybridized carbons (Fsp3) is 0.529. The molecule has 2 aromatic rings. The third-order valence-electron chi connectivity index (χ3n) is 4.00. The Balaban J connectivity index is 2.18. The van der Waals surface area contributed by atoms with Gasteiger partial charge in [-0.1, -0.05) is 26.8 Å².